The van der Waals surface area contributed by atoms with Gasteiger partial charge in [-0.3, -0.25) is 62.3 Å². The number of hydrogen-bond donors (Lipinski definition) is 19. The Morgan fingerprint density at radius 3 is 1.54 bits per heavy atom. The Balaban J connectivity index is 1.86. The zero-order valence-corrected chi connectivity index (χ0v) is 58.5. The van der Waals surface area contributed by atoms with Crippen LogP contribution in [0.15, 0.2) is 54.6 Å². The molecule has 1 saturated heterocycles. The molecule has 35 heteroatoms. The third-order valence-corrected chi connectivity index (χ3v) is 16.7. The van der Waals surface area contributed by atoms with Crippen molar-refractivity contribution in [3.05, 3.63) is 65.7 Å². The summed E-state index contributed by atoms with van der Waals surface area (Å²) in [6.07, 6.45) is 1.25. The molecule has 32 nitrogen and oxygen atoms in total. The maximum Gasteiger partial charge on any atom is 0.327 e. The van der Waals surface area contributed by atoms with Crippen LogP contribution in [0.5, 0.6) is 5.75 Å². The van der Waals surface area contributed by atoms with Gasteiger partial charge in [-0.25, -0.2) is 4.79 Å². The van der Waals surface area contributed by atoms with Gasteiger partial charge in [-0.2, -0.15) is 37.0 Å². The molecule has 544 valence electrons. The Bertz CT molecular complexity index is 3060. The quantitative estimate of drug-likeness (QED) is 0.0280. The zero-order valence-electron chi connectivity index (χ0n) is 55.9. The number of rotatable bonds is 42. The van der Waals surface area contributed by atoms with Crippen molar-refractivity contribution in [2.45, 2.75) is 165 Å². The van der Waals surface area contributed by atoms with Crippen molar-refractivity contribution in [3.63, 3.8) is 0 Å². The largest absolute Gasteiger partial charge is 0.508 e. The molecule has 1 aliphatic rings. The van der Waals surface area contributed by atoms with Gasteiger partial charge in [0, 0.05) is 30.9 Å². The van der Waals surface area contributed by atoms with Gasteiger partial charge in [0.2, 0.25) is 76.8 Å². The number of carboxylic acids is 1. The molecule has 0 aromatic heterocycles. The lowest BCUT2D eigenvalue weighted by molar-refractivity contribution is -0.143. The Morgan fingerprint density at radius 1 is 0.561 bits per heavy atom. The number of nitrogens with two attached hydrogens (primary N) is 2. The summed E-state index contributed by atoms with van der Waals surface area (Å²) in [5.41, 5.74) is 12.4. The van der Waals surface area contributed by atoms with Crippen LogP contribution in [-0.2, 0) is 80.0 Å². The predicted octanol–water partition coefficient (Wildman–Crippen LogP) is -4.23. The SMILES string of the molecule is CSCC[C@H](N)C(=O)NCC(=O)N[C@@H](CO)C(=O)N[C@@H](CS)C(=O)N[C@@H](CC(C)C)C(=O)N[C@@H](CC(C)C)C(=O)N1CCC[C@H]1C(=O)N[C@@H](CC(N)=O)C(=O)N[C@H](C(=O)N[C@@H](Cc1ccc(O)cc1)C(=O)N[C@@H](Cc1ccccc1)C(=O)N[C@@H](CO)C(=O)N[C@@H](CS)C(=O)O)C(C)C. The smallest absolute Gasteiger partial charge is 0.327 e. The molecule has 19 N–H and O–H groups in total. The summed E-state index contributed by atoms with van der Waals surface area (Å²) in [7, 11) is 0. The number of phenolic OH excluding ortho intramolecular Hbond substituents is 1. The number of likely N-dealkylation sites (tertiary alicyclic amines) is 1. The Hall–Kier alpha value is -8.25. The summed E-state index contributed by atoms with van der Waals surface area (Å²) in [6, 6.07) is -3.54. The number of hydrogen-bond acceptors (Lipinski definition) is 21. The van der Waals surface area contributed by atoms with Gasteiger partial charge in [0.15, 0.2) is 0 Å². The molecular weight excluding hydrogens is 1340 g/mol. The van der Waals surface area contributed by atoms with Gasteiger partial charge >= 0.3 is 5.97 Å². The zero-order chi connectivity index (χ0) is 73.5. The summed E-state index contributed by atoms with van der Waals surface area (Å²) in [5, 5.41) is 66.8. The number of aliphatic hydroxyl groups excluding tert-OH is 2. The number of primary amides is 1. The van der Waals surface area contributed by atoms with Gasteiger partial charge in [0.1, 0.15) is 72.2 Å². The first-order valence-electron chi connectivity index (χ1n) is 31.9. The fraction of sp³-hybridized carbons (Fsp3) is 0.587. The molecule has 2 aromatic rings. The standard InChI is InChI=1S/C63H96N14O18S3/c1-32(2)22-39(68-59(90)46(30-96)74-57(88)44(28-78)67-50(82)27-66-52(83)38(64)19-21-98-7)53(84)72-43(23-33(3)4)62(93)77-20-11-14-48(77)60(91)70-42(26-49(65)81)56(87)76-51(34(5)6)61(92)71-41(25-36-15-17-37(80)18-16-36)54(85)69-40(24-35-12-9-8-10-13-35)55(86)73-45(29-79)58(89)75-47(31-97)63(94)95/h8-10,12-13,15-18,32-34,38-48,51,78-80,96-97H,11,14,19-31,64H2,1-7H3,(H2,65,81)(H,66,83)(H,67,82)(H,68,90)(H,69,85)(H,70,91)(H,71,92)(H,72,84)(H,73,86)(H,74,88)(H,75,89)(H,76,87)(H,94,95)/t38-,39-,40-,41-,42-,43-,44-,45-,46-,47-,48-,51-/m0/s1. The number of carbonyl (C=O) groups excluding carboxylic acids is 13. The molecule has 13 amide bonds. The van der Waals surface area contributed by atoms with Crippen LogP contribution in [0.1, 0.15) is 91.2 Å². The number of phenols is 1. The number of nitrogens with one attached hydrogen (secondary N) is 11. The predicted molar refractivity (Wildman–Crippen MR) is 367 cm³/mol. The van der Waals surface area contributed by atoms with Crippen LogP contribution in [0, 0.1) is 17.8 Å². The first kappa shape index (κ1) is 84.0. The van der Waals surface area contributed by atoms with Crippen molar-refractivity contribution in [2.75, 3.05) is 49.8 Å². The molecule has 0 aliphatic carbocycles. The second kappa shape index (κ2) is 42.5. The fourth-order valence-electron chi connectivity index (χ4n) is 10.1. The van der Waals surface area contributed by atoms with Crippen LogP contribution in [0.25, 0.3) is 0 Å². The Kier molecular flexibility index (Phi) is 36.5. The van der Waals surface area contributed by atoms with Crippen LogP contribution in [0.3, 0.4) is 0 Å². The minimum absolute atomic E-state index is 0.00181. The lowest BCUT2D eigenvalue weighted by atomic mass is 9.99. The number of carboxylic acid groups (broad SMARTS) is 1. The highest BCUT2D eigenvalue weighted by atomic mass is 32.2. The van der Waals surface area contributed by atoms with Gasteiger partial charge in [-0.1, -0.05) is 84.0 Å². The first-order valence-corrected chi connectivity index (χ1v) is 34.6. The number of amides is 13. The van der Waals surface area contributed by atoms with Crippen LogP contribution in [0.2, 0.25) is 0 Å². The minimum atomic E-state index is -1.76. The van der Waals surface area contributed by atoms with E-state index in [2.05, 4.69) is 83.7 Å². The number of thiol groups is 2. The van der Waals surface area contributed by atoms with E-state index in [9.17, 15) is 87.5 Å². The number of carbonyl (C=O) groups is 14. The molecule has 0 radical (unpaired) electrons. The van der Waals surface area contributed by atoms with Gasteiger partial charge in [-0.05, 0) is 85.1 Å². The summed E-state index contributed by atoms with van der Waals surface area (Å²) < 4.78 is 0. The summed E-state index contributed by atoms with van der Waals surface area (Å²) in [4.78, 5) is 191. The van der Waals surface area contributed by atoms with Crippen molar-refractivity contribution in [1.29, 1.82) is 0 Å². The van der Waals surface area contributed by atoms with E-state index >= 15 is 0 Å². The molecule has 1 aliphatic heterocycles. The second-order valence-corrected chi connectivity index (χ2v) is 26.4. The van der Waals surface area contributed by atoms with E-state index in [1.165, 1.54) is 54.8 Å². The van der Waals surface area contributed by atoms with Crippen molar-refractivity contribution in [3.8, 4) is 5.75 Å². The maximum atomic E-state index is 14.7. The highest BCUT2D eigenvalue weighted by Gasteiger charge is 2.42. The fourth-order valence-corrected chi connectivity index (χ4v) is 11.1. The minimum Gasteiger partial charge on any atom is -0.508 e. The van der Waals surface area contributed by atoms with E-state index in [0.717, 1.165) is 0 Å². The van der Waals surface area contributed by atoms with Crippen LogP contribution >= 0.6 is 37.0 Å². The van der Waals surface area contributed by atoms with E-state index in [-0.39, 0.29) is 74.2 Å². The molecule has 0 unspecified atom stereocenters. The number of benzene rings is 2. The summed E-state index contributed by atoms with van der Waals surface area (Å²) in [5.74, 6) is -14.8. The maximum absolute atomic E-state index is 14.7. The second-order valence-electron chi connectivity index (χ2n) is 24.7. The number of aliphatic carboxylic acids is 1. The molecule has 2 aromatic carbocycles. The molecular formula is C63H96N14O18S3. The van der Waals surface area contributed by atoms with Crippen molar-refractivity contribution < 1.29 is 87.5 Å². The number of aromatic hydroxyl groups is 1. The number of aliphatic hydroxyl groups is 2. The van der Waals surface area contributed by atoms with Crippen LogP contribution in [-0.4, -0.2) is 230 Å². The number of nitrogens with zero attached hydrogens (tertiary/aromatic N) is 1. The highest BCUT2D eigenvalue weighted by Crippen LogP contribution is 2.22. The van der Waals surface area contributed by atoms with Crippen LogP contribution in [0.4, 0.5) is 0 Å². The van der Waals surface area contributed by atoms with Gasteiger partial charge in [0.25, 0.3) is 0 Å². The molecule has 98 heavy (non-hydrogen) atoms. The van der Waals surface area contributed by atoms with E-state index in [4.69, 9.17) is 11.5 Å². The van der Waals surface area contributed by atoms with E-state index in [0.29, 0.717) is 23.3 Å². The normalized spacial score (nSPS) is 16.2. The third kappa shape index (κ3) is 28.3. The molecule has 0 spiro atoms. The molecule has 1 heterocycles. The van der Waals surface area contributed by atoms with E-state index in [1.54, 1.807) is 58.0 Å². The molecule has 12 atom stereocenters. The van der Waals surface area contributed by atoms with Gasteiger partial charge < -0.3 is 95.3 Å². The highest BCUT2D eigenvalue weighted by molar-refractivity contribution is 7.98. The topological polar surface area (TPSA) is 508 Å². The van der Waals surface area contributed by atoms with Gasteiger partial charge in [0.05, 0.1) is 32.2 Å². The molecule has 1 fully saturated rings. The Labute approximate surface area is 583 Å². The lowest BCUT2D eigenvalue weighted by Gasteiger charge is -2.32. The number of thioether (sulfide) groups is 1. The lowest BCUT2D eigenvalue weighted by Crippen LogP contribution is -2.62. The van der Waals surface area contributed by atoms with Crippen molar-refractivity contribution in [1.82, 2.24) is 63.4 Å². The molecule has 3 rings (SSSR count). The first-order chi connectivity index (χ1) is 46.3. The molecule has 0 saturated carbocycles. The summed E-state index contributed by atoms with van der Waals surface area (Å²) >= 11 is 9.62. The van der Waals surface area contributed by atoms with Crippen molar-refractivity contribution >= 4 is 120 Å². The summed E-state index contributed by atoms with van der Waals surface area (Å²) in [6.45, 7) is 7.67. The van der Waals surface area contributed by atoms with Crippen LogP contribution < -0.4 is 70.0 Å². The Morgan fingerprint density at radius 2 is 1.02 bits per heavy atom. The monoisotopic (exact) mass is 1430 g/mol. The van der Waals surface area contributed by atoms with Gasteiger partial charge in [-0.15, -0.1) is 0 Å². The molecule has 0 bridgehead atoms. The van der Waals surface area contributed by atoms with E-state index in [1.807, 2.05) is 6.26 Å². The van der Waals surface area contributed by atoms with Crippen molar-refractivity contribution in [2.24, 2.45) is 29.2 Å². The third-order valence-electron chi connectivity index (χ3n) is 15.4. The average Bonchev–Trinajstić information content (AvgIpc) is 1.28. The average molecular weight is 1430 g/mol. The van der Waals surface area contributed by atoms with E-state index < -0.39 is 187 Å².